The fourth-order valence-electron chi connectivity index (χ4n) is 4.93. The molecule has 1 aliphatic heterocycles. The summed E-state index contributed by atoms with van der Waals surface area (Å²) in [6, 6.07) is 22.5. The third-order valence-corrected chi connectivity index (χ3v) is 6.91. The van der Waals surface area contributed by atoms with Crippen molar-refractivity contribution in [2.45, 2.75) is 31.8 Å². The maximum Gasteiger partial charge on any atom is 0.241 e. The molecule has 2 atom stereocenters. The number of halogens is 1. The van der Waals surface area contributed by atoms with Gasteiger partial charge in [-0.25, -0.2) is 4.39 Å². The highest BCUT2D eigenvalue weighted by Gasteiger charge is 2.32. The average Bonchev–Trinajstić information content (AvgIpc) is 2.95. The van der Waals surface area contributed by atoms with E-state index in [-0.39, 0.29) is 36.1 Å². The summed E-state index contributed by atoms with van der Waals surface area (Å²) in [4.78, 5) is 25.8. The minimum Gasteiger partial charge on any atom is -0.493 e. The summed E-state index contributed by atoms with van der Waals surface area (Å²) in [6.07, 6.45) is 0.700. The van der Waals surface area contributed by atoms with Crippen molar-refractivity contribution >= 4 is 11.8 Å². The molecule has 3 aromatic carbocycles. The van der Waals surface area contributed by atoms with Gasteiger partial charge >= 0.3 is 0 Å². The fourth-order valence-corrected chi connectivity index (χ4v) is 4.93. The average molecular weight is 515 g/mol. The van der Waals surface area contributed by atoms with Crippen molar-refractivity contribution in [2.75, 3.05) is 26.7 Å². The van der Waals surface area contributed by atoms with Crippen LogP contribution in [-0.2, 0) is 16.1 Å². The van der Waals surface area contributed by atoms with Crippen molar-refractivity contribution in [3.05, 3.63) is 89.2 Å². The number of hydrogen-bond donors (Lipinski definition) is 2. The molecule has 0 aromatic heterocycles. The van der Waals surface area contributed by atoms with Crippen molar-refractivity contribution in [1.29, 1.82) is 5.26 Å². The Bertz CT molecular complexity index is 1320. The third-order valence-electron chi connectivity index (χ3n) is 6.91. The van der Waals surface area contributed by atoms with E-state index >= 15 is 4.39 Å². The molecular weight excluding hydrogens is 483 g/mol. The highest BCUT2D eigenvalue weighted by Crippen LogP contribution is 2.32. The number of methoxy groups -OCH3 is 1. The smallest absolute Gasteiger partial charge is 0.241 e. The normalized spacial score (nSPS) is 16.9. The van der Waals surface area contributed by atoms with E-state index in [4.69, 9.17) is 10.00 Å². The molecule has 2 N–H and O–H groups in total. The number of ether oxygens (including phenoxy) is 1. The van der Waals surface area contributed by atoms with Crippen molar-refractivity contribution in [1.82, 2.24) is 15.5 Å². The van der Waals surface area contributed by atoms with Crippen LogP contribution in [0.15, 0.2) is 66.7 Å². The van der Waals surface area contributed by atoms with Gasteiger partial charge in [0, 0.05) is 44.1 Å². The van der Waals surface area contributed by atoms with E-state index in [0.717, 1.165) is 11.1 Å². The van der Waals surface area contributed by atoms with Crippen LogP contribution < -0.4 is 15.4 Å². The molecule has 1 aliphatic rings. The highest BCUT2D eigenvalue weighted by molar-refractivity contribution is 5.83. The summed E-state index contributed by atoms with van der Waals surface area (Å²) in [5.41, 5.74) is 3.83. The largest absolute Gasteiger partial charge is 0.493 e. The Morgan fingerprint density at radius 3 is 2.50 bits per heavy atom. The first-order valence-electron chi connectivity index (χ1n) is 12.6. The van der Waals surface area contributed by atoms with Gasteiger partial charge in [-0.3, -0.25) is 9.59 Å². The van der Waals surface area contributed by atoms with E-state index < -0.39 is 5.82 Å². The SMILES string of the molecule is COc1c(F)cc(-c2ccc(C#N)cc2)cc1CN[C@H]1CCN(C(=O)CNC(C)=O)C[C@H]1c1ccccc1. The molecule has 1 heterocycles. The number of carbonyl (C=O) groups excluding carboxylic acids is 2. The van der Waals surface area contributed by atoms with Crippen LogP contribution in [-0.4, -0.2) is 49.5 Å². The molecule has 38 heavy (non-hydrogen) atoms. The van der Waals surface area contributed by atoms with Crippen LogP contribution in [0.4, 0.5) is 4.39 Å². The molecule has 1 saturated heterocycles. The van der Waals surface area contributed by atoms with Gasteiger partial charge in [0.25, 0.3) is 0 Å². The quantitative estimate of drug-likeness (QED) is 0.474. The van der Waals surface area contributed by atoms with E-state index in [9.17, 15) is 9.59 Å². The topological polar surface area (TPSA) is 94.5 Å². The maximum absolute atomic E-state index is 15.0. The molecule has 0 bridgehead atoms. The molecular formula is C30H31FN4O3. The van der Waals surface area contributed by atoms with Crippen LogP contribution in [0.2, 0.25) is 0 Å². The number of hydrogen-bond acceptors (Lipinski definition) is 5. The Hall–Kier alpha value is -4.22. The standard InChI is InChI=1S/C30H31FN4O3/c1-20(36)33-18-29(37)35-13-12-28(26(19-35)23-6-4-3-5-7-23)34-17-25-14-24(15-27(31)30(25)38-2)22-10-8-21(16-32)9-11-22/h3-11,14-15,26,28,34H,12-13,17-19H2,1-2H3,(H,33,36)/t26-,28-/m0/s1. The van der Waals surface area contributed by atoms with Gasteiger partial charge in [-0.2, -0.15) is 5.26 Å². The molecule has 0 saturated carbocycles. The monoisotopic (exact) mass is 514 g/mol. The van der Waals surface area contributed by atoms with Gasteiger partial charge < -0.3 is 20.3 Å². The fraction of sp³-hybridized carbons (Fsp3) is 0.300. The molecule has 0 unspecified atom stereocenters. The summed E-state index contributed by atoms with van der Waals surface area (Å²) in [5, 5.41) is 15.3. The zero-order valence-corrected chi connectivity index (χ0v) is 21.5. The number of likely N-dealkylation sites (tertiary alicyclic amines) is 1. The Kier molecular flexibility index (Phi) is 8.72. The van der Waals surface area contributed by atoms with Crippen molar-refractivity contribution in [2.24, 2.45) is 0 Å². The number of amides is 2. The van der Waals surface area contributed by atoms with E-state index in [1.165, 1.54) is 20.1 Å². The second-order valence-corrected chi connectivity index (χ2v) is 9.38. The predicted octanol–water partition coefficient (Wildman–Crippen LogP) is 3.98. The van der Waals surface area contributed by atoms with E-state index in [1.807, 2.05) is 36.4 Å². The number of nitrogens with one attached hydrogen (secondary N) is 2. The van der Waals surface area contributed by atoms with Crippen LogP contribution in [0.25, 0.3) is 11.1 Å². The van der Waals surface area contributed by atoms with Crippen molar-refractivity contribution in [3.8, 4) is 22.9 Å². The molecule has 0 aliphatic carbocycles. The Balaban J connectivity index is 1.55. The van der Waals surface area contributed by atoms with E-state index in [0.29, 0.717) is 42.7 Å². The summed E-state index contributed by atoms with van der Waals surface area (Å²) in [6.45, 7) is 2.81. The van der Waals surface area contributed by atoms with Crippen LogP contribution >= 0.6 is 0 Å². The Morgan fingerprint density at radius 1 is 1.11 bits per heavy atom. The summed E-state index contributed by atoms with van der Waals surface area (Å²) >= 11 is 0. The van der Waals surface area contributed by atoms with Gasteiger partial charge in [0.05, 0.1) is 25.3 Å². The van der Waals surface area contributed by atoms with Crippen LogP contribution in [0, 0.1) is 17.1 Å². The second kappa shape index (κ2) is 12.3. The third kappa shape index (κ3) is 6.36. The second-order valence-electron chi connectivity index (χ2n) is 9.38. The number of nitrogens with zero attached hydrogens (tertiary/aromatic N) is 2. The lowest BCUT2D eigenvalue weighted by Gasteiger charge is -2.39. The molecule has 0 spiro atoms. The van der Waals surface area contributed by atoms with E-state index in [2.05, 4.69) is 16.7 Å². The number of piperidine rings is 1. The molecule has 0 radical (unpaired) electrons. The first-order valence-corrected chi connectivity index (χ1v) is 12.6. The van der Waals surface area contributed by atoms with Gasteiger partial charge in [-0.15, -0.1) is 0 Å². The molecule has 196 valence electrons. The molecule has 1 fully saturated rings. The first kappa shape index (κ1) is 26.8. The van der Waals surface area contributed by atoms with Crippen LogP contribution in [0.5, 0.6) is 5.75 Å². The molecule has 3 aromatic rings. The number of benzene rings is 3. The van der Waals surface area contributed by atoms with Gasteiger partial charge in [-0.05, 0) is 47.4 Å². The van der Waals surface area contributed by atoms with Crippen molar-refractivity contribution < 1.29 is 18.7 Å². The summed E-state index contributed by atoms with van der Waals surface area (Å²) < 4.78 is 20.4. The van der Waals surface area contributed by atoms with Crippen LogP contribution in [0.1, 0.15) is 36.0 Å². The minimum absolute atomic E-state index is 0.0174. The number of rotatable bonds is 8. The summed E-state index contributed by atoms with van der Waals surface area (Å²) in [5.74, 6) is -0.598. The van der Waals surface area contributed by atoms with Crippen LogP contribution in [0.3, 0.4) is 0 Å². The molecule has 2 amide bonds. The van der Waals surface area contributed by atoms with Crippen molar-refractivity contribution in [3.63, 3.8) is 0 Å². The lowest BCUT2D eigenvalue weighted by molar-refractivity contribution is -0.133. The lowest BCUT2D eigenvalue weighted by Crippen LogP contribution is -2.51. The van der Waals surface area contributed by atoms with Gasteiger partial charge in [0.2, 0.25) is 11.8 Å². The van der Waals surface area contributed by atoms with Gasteiger partial charge in [-0.1, -0.05) is 42.5 Å². The zero-order chi connectivity index (χ0) is 27.1. The Labute approximate surface area is 222 Å². The minimum atomic E-state index is -0.454. The number of nitriles is 1. The first-order chi connectivity index (χ1) is 18.4. The van der Waals surface area contributed by atoms with Gasteiger partial charge in [0.15, 0.2) is 11.6 Å². The maximum atomic E-state index is 15.0. The number of carbonyl (C=O) groups is 2. The van der Waals surface area contributed by atoms with Gasteiger partial charge in [0.1, 0.15) is 0 Å². The predicted molar refractivity (Wildman–Crippen MR) is 143 cm³/mol. The lowest BCUT2D eigenvalue weighted by atomic mass is 9.85. The molecule has 8 heteroatoms. The zero-order valence-electron chi connectivity index (χ0n) is 21.5. The highest BCUT2D eigenvalue weighted by atomic mass is 19.1. The summed E-state index contributed by atoms with van der Waals surface area (Å²) in [7, 11) is 1.45. The van der Waals surface area contributed by atoms with E-state index in [1.54, 1.807) is 29.2 Å². The Morgan fingerprint density at radius 2 is 1.84 bits per heavy atom. The molecule has 7 nitrogen and oxygen atoms in total. The molecule has 4 rings (SSSR count).